The third-order valence-electron chi connectivity index (χ3n) is 2.04. The molecule has 15 heavy (non-hydrogen) atoms. The van der Waals surface area contributed by atoms with Crippen LogP contribution < -0.4 is 9.47 Å². The van der Waals surface area contributed by atoms with Crippen LogP contribution in [0.4, 0.5) is 0 Å². The molecule has 84 valence electrons. The lowest BCUT2D eigenvalue weighted by atomic mass is 10.1. The second kappa shape index (κ2) is 5.37. The minimum absolute atomic E-state index is 0.405. The summed E-state index contributed by atoms with van der Waals surface area (Å²) in [6, 6.07) is 3.76. The highest BCUT2D eigenvalue weighted by atomic mass is 79.9. The Labute approximate surface area is 98.1 Å². The van der Waals surface area contributed by atoms with Crippen LogP contribution in [0.5, 0.6) is 11.5 Å². The molecular formula is C11H15BrO3. The monoisotopic (exact) mass is 274 g/mol. The van der Waals surface area contributed by atoms with Crippen molar-refractivity contribution in [2.75, 3.05) is 14.2 Å². The Bertz CT molecular complexity index is 337. The summed E-state index contributed by atoms with van der Waals surface area (Å²) >= 11 is 3.39. The van der Waals surface area contributed by atoms with Gasteiger partial charge in [0.1, 0.15) is 0 Å². The molecule has 1 unspecified atom stereocenters. The van der Waals surface area contributed by atoms with E-state index in [9.17, 15) is 5.11 Å². The van der Waals surface area contributed by atoms with Crippen molar-refractivity contribution >= 4 is 15.9 Å². The minimum atomic E-state index is -0.405. The number of aliphatic hydroxyl groups excluding tert-OH is 1. The first-order chi connectivity index (χ1) is 7.08. The summed E-state index contributed by atoms with van der Waals surface area (Å²) in [6.45, 7) is 1.74. The number of aliphatic hydroxyl groups is 1. The third kappa shape index (κ3) is 3.11. The number of benzene rings is 1. The Morgan fingerprint density at radius 3 is 2.47 bits per heavy atom. The molecule has 0 aromatic heterocycles. The van der Waals surface area contributed by atoms with Crippen molar-refractivity contribution < 1.29 is 14.6 Å². The molecule has 0 heterocycles. The van der Waals surface area contributed by atoms with Crippen molar-refractivity contribution in [2.45, 2.75) is 19.4 Å². The van der Waals surface area contributed by atoms with Crippen molar-refractivity contribution in [3.63, 3.8) is 0 Å². The van der Waals surface area contributed by atoms with Crippen LogP contribution in [0, 0.1) is 0 Å². The van der Waals surface area contributed by atoms with Crippen molar-refractivity contribution in [3.05, 3.63) is 22.2 Å². The van der Waals surface area contributed by atoms with E-state index in [1.54, 1.807) is 21.1 Å². The van der Waals surface area contributed by atoms with E-state index in [2.05, 4.69) is 15.9 Å². The predicted molar refractivity (Wildman–Crippen MR) is 62.6 cm³/mol. The lowest BCUT2D eigenvalue weighted by Gasteiger charge is -2.14. The molecule has 1 N–H and O–H groups in total. The van der Waals surface area contributed by atoms with E-state index in [-0.39, 0.29) is 0 Å². The maximum absolute atomic E-state index is 9.37. The zero-order valence-electron chi connectivity index (χ0n) is 9.08. The van der Waals surface area contributed by atoms with Crippen LogP contribution in [0.15, 0.2) is 16.6 Å². The second-order valence-corrected chi connectivity index (χ2v) is 4.27. The van der Waals surface area contributed by atoms with Crippen LogP contribution in [0.1, 0.15) is 12.5 Å². The normalized spacial score (nSPS) is 12.3. The molecule has 0 saturated carbocycles. The molecule has 1 atom stereocenters. The summed E-state index contributed by atoms with van der Waals surface area (Å²) < 4.78 is 11.4. The van der Waals surface area contributed by atoms with Gasteiger partial charge in [-0.2, -0.15) is 0 Å². The van der Waals surface area contributed by atoms with Crippen molar-refractivity contribution in [2.24, 2.45) is 0 Å². The van der Waals surface area contributed by atoms with E-state index >= 15 is 0 Å². The molecule has 1 aromatic carbocycles. The quantitative estimate of drug-likeness (QED) is 0.917. The van der Waals surface area contributed by atoms with E-state index in [0.717, 1.165) is 10.0 Å². The van der Waals surface area contributed by atoms with Gasteiger partial charge in [0.2, 0.25) is 0 Å². The SMILES string of the molecule is COc1cc(Br)cc(CC(C)O)c1OC. The average Bonchev–Trinajstić information content (AvgIpc) is 2.15. The van der Waals surface area contributed by atoms with Crippen molar-refractivity contribution in [1.82, 2.24) is 0 Å². The first-order valence-electron chi connectivity index (χ1n) is 4.67. The molecule has 0 amide bonds. The lowest BCUT2D eigenvalue weighted by molar-refractivity contribution is 0.194. The van der Waals surface area contributed by atoms with Crippen molar-refractivity contribution in [3.8, 4) is 11.5 Å². The first kappa shape index (κ1) is 12.3. The highest BCUT2D eigenvalue weighted by Crippen LogP contribution is 2.35. The Hall–Kier alpha value is -0.740. The molecule has 4 heteroatoms. The summed E-state index contributed by atoms with van der Waals surface area (Å²) in [6.07, 6.45) is 0.136. The molecule has 0 fully saturated rings. The molecule has 0 aliphatic carbocycles. The molecular weight excluding hydrogens is 260 g/mol. The Morgan fingerprint density at radius 1 is 1.33 bits per heavy atom. The molecule has 0 saturated heterocycles. The van der Waals surface area contributed by atoms with Crippen LogP contribution in [-0.2, 0) is 6.42 Å². The summed E-state index contributed by atoms with van der Waals surface area (Å²) in [5.41, 5.74) is 0.929. The summed E-state index contributed by atoms with van der Waals surface area (Å²) in [5.74, 6) is 1.35. The molecule has 0 radical (unpaired) electrons. The summed E-state index contributed by atoms with van der Waals surface area (Å²) in [7, 11) is 3.19. The fraction of sp³-hybridized carbons (Fsp3) is 0.455. The van der Waals surface area contributed by atoms with Crippen LogP contribution in [0.3, 0.4) is 0 Å². The highest BCUT2D eigenvalue weighted by molar-refractivity contribution is 9.10. The Balaban J connectivity index is 3.16. The maximum Gasteiger partial charge on any atom is 0.164 e. The van der Waals surface area contributed by atoms with E-state index in [0.29, 0.717) is 17.9 Å². The smallest absolute Gasteiger partial charge is 0.164 e. The summed E-state index contributed by atoms with van der Waals surface area (Å²) in [4.78, 5) is 0. The van der Waals surface area contributed by atoms with E-state index in [1.165, 1.54) is 0 Å². The van der Waals surface area contributed by atoms with Crippen molar-refractivity contribution in [1.29, 1.82) is 0 Å². The van der Waals surface area contributed by atoms with Gasteiger partial charge in [-0.25, -0.2) is 0 Å². The highest BCUT2D eigenvalue weighted by Gasteiger charge is 2.13. The third-order valence-corrected chi connectivity index (χ3v) is 2.49. The van der Waals surface area contributed by atoms with Gasteiger partial charge in [-0.1, -0.05) is 15.9 Å². The standard InChI is InChI=1S/C11H15BrO3/c1-7(13)4-8-5-9(12)6-10(14-2)11(8)15-3/h5-7,13H,4H2,1-3H3. The molecule has 1 aromatic rings. The zero-order valence-corrected chi connectivity index (χ0v) is 10.7. The number of methoxy groups -OCH3 is 2. The lowest BCUT2D eigenvalue weighted by Crippen LogP contribution is -2.06. The Morgan fingerprint density at radius 2 is 2.00 bits per heavy atom. The second-order valence-electron chi connectivity index (χ2n) is 3.35. The predicted octanol–water partition coefficient (Wildman–Crippen LogP) is 2.39. The number of hydrogen-bond acceptors (Lipinski definition) is 3. The van der Waals surface area contributed by atoms with Crippen LogP contribution in [0.2, 0.25) is 0 Å². The topological polar surface area (TPSA) is 38.7 Å². The number of rotatable bonds is 4. The maximum atomic E-state index is 9.37. The Kier molecular flexibility index (Phi) is 4.42. The van der Waals surface area contributed by atoms with E-state index < -0.39 is 6.10 Å². The van der Waals surface area contributed by atoms with Gasteiger partial charge < -0.3 is 14.6 Å². The van der Waals surface area contributed by atoms with Gasteiger partial charge in [-0.15, -0.1) is 0 Å². The van der Waals surface area contributed by atoms with Gasteiger partial charge in [0, 0.05) is 16.5 Å². The fourth-order valence-electron chi connectivity index (χ4n) is 1.48. The first-order valence-corrected chi connectivity index (χ1v) is 5.46. The van der Waals surface area contributed by atoms with Gasteiger partial charge in [0.05, 0.1) is 20.3 Å². The van der Waals surface area contributed by atoms with Gasteiger partial charge in [0.25, 0.3) is 0 Å². The molecule has 0 spiro atoms. The largest absolute Gasteiger partial charge is 0.493 e. The number of halogens is 1. The number of hydrogen-bond donors (Lipinski definition) is 1. The van der Waals surface area contributed by atoms with E-state index in [4.69, 9.17) is 9.47 Å². The zero-order chi connectivity index (χ0) is 11.4. The molecule has 0 aliphatic heterocycles. The molecule has 3 nitrogen and oxygen atoms in total. The van der Waals surface area contributed by atoms with Gasteiger partial charge >= 0.3 is 0 Å². The van der Waals surface area contributed by atoms with Gasteiger partial charge in [-0.3, -0.25) is 0 Å². The van der Waals surface area contributed by atoms with Gasteiger partial charge in [0.15, 0.2) is 11.5 Å². The fourth-order valence-corrected chi connectivity index (χ4v) is 1.96. The van der Waals surface area contributed by atoms with Crippen LogP contribution in [-0.4, -0.2) is 25.4 Å². The van der Waals surface area contributed by atoms with Crippen LogP contribution in [0.25, 0.3) is 0 Å². The molecule has 0 aliphatic rings. The molecule has 1 rings (SSSR count). The minimum Gasteiger partial charge on any atom is -0.493 e. The number of ether oxygens (including phenoxy) is 2. The average molecular weight is 275 g/mol. The van der Waals surface area contributed by atoms with Crippen LogP contribution >= 0.6 is 15.9 Å². The molecule has 0 bridgehead atoms. The van der Waals surface area contributed by atoms with E-state index in [1.807, 2.05) is 12.1 Å². The summed E-state index contributed by atoms with van der Waals surface area (Å²) in [5, 5.41) is 9.37. The van der Waals surface area contributed by atoms with Gasteiger partial charge in [-0.05, 0) is 19.1 Å².